The number of rotatable bonds is 6. The second kappa shape index (κ2) is 8.71. The number of amides is 1. The minimum atomic E-state index is -0.519. The van der Waals surface area contributed by atoms with E-state index in [1.54, 1.807) is 31.2 Å². The lowest BCUT2D eigenvalue weighted by Gasteiger charge is -2.11. The molecule has 0 aliphatic heterocycles. The van der Waals surface area contributed by atoms with Gasteiger partial charge in [0.05, 0.1) is 34.5 Å². The van der Waals surface area contributed by atoms with Crippen LogP contribution in [0, 0.1) is 11.3 Å². The first-order chi connectivity index (χ1) is 12.0. The molecular weight excluding hydrogens is 344 g/mol. The Balaban J connectivity index is 2.02. The highest BCUT2D eigenvalue weighted by Gasteiger charge is 2.14. The summed E-state index contributed by atoms with van der Waals surface area (Å²) in [5.41, 5.74) is 0.986. The fourth-order valence-corrected chi connectivity index (χ4v) is 2.23. The Morgan fingerprint density at radius 2 is 2.00 bits per heavy atom. The van der Waals surface area contributed by atoms with Crippen LogP contribution in [0.15, 0.2) is 42.5 Å². The Morgan fingerprint density at radius 3 is 2.68 bits per heavy atom. The van der Waals surface area contributed by atoms with Crippen molar-refractivity contribution in [1.82, 2.24) is 0 Å². The molecule has 2 aromatic rings. The molecule has 0 aliphatic rings. The molecule has 0 fully saturated rings. The second-order valence-electron chi connectivity index (χ2n) is 4.86. The van der Waals surface area contributed by atoms with E-state index in [1.807, 2.05) is 6.07 Å². The van der Waals surface area contributed by atoms with Crippen LogP contribution in [-0.2, 0) is 9.53 Å². The van der Waals surface area contributed by atoms with Crippen LogP contribution in [0.3, 0.4) is 0 Å². The number of esters is 1. The van der Waals surface area contributed by atoms with Gasteiger partial charge in [-0.3, -0.25) is 4.79 Å². The molecule has 7 heteroatoms. The van der Waals surface area contributed by atoms with Crippen LogP contribution < -0.4 is 10.1 Å². The van der Waals surface area contributed by atoms with Crippen LogP contribution in [0.5, 0.6) is 5.75 Å². The molecule has 0 aromatic heterocycles. The van der Waals surface area contributed by atoms with Crippen molar-refractivity contribution < 1.29 is 19.1 Å². The fourth-order valence-electron chi connectivity index (χ4n) is 2.00. The van der Waals surface area contributed by atoms with Crippen LogP contribution in [0.25, 0.3) is 0 Å². The van der Waals surface area contributed by atoms with Gasteiger partial charge in [-0.25, -0.2) is 4.79 Å². The molecule has 1 N–H and O–H groups in total. The minimum absolute atomic E-state index is 0.235. The summed E-state index contributed by atoms with van der Waals surface area (Å²) in [6.45, 7) is 1.64. The molecule has 0 aliphatic carbocycles. The van der Waals surface area contributed by atoms with Crippen molar-refractivity contribution in [2.45, 2.75) is 6.92 Å². The van der Waals surface area contributed by atoms with Gasteiger partial charge in [-0.05, 0) is 37.3 Å². The van der Waals surface area contributed by atoms with Gasteiger partial charge in [-0.15, -0.1) is 0 Å². The zero-order chi connectivity index (χ0) is 18.2. The van der Waals surface area contributed by atoms with Crippen LogP contribution in [-0.4, -0.2) is 25.1 Å². The number of para-hydroxylation sites is 1. The van der Waals surface area contributed by atoms with E-state index < -0.39 is 11.9 Å². The summed E-state index contributed by atoms with van der Waals surface area (Å²) in [5.74, 6) is -0.693. The zero-order valence-corrected chi connectivity index (χ0v) is 14.2. The highest BCUT2D eigenvalue weighted by molar-refractivity contribution is 6.32. The summed E-state index contributed by atoms with van der Waals surface area (Å²) >= 11 is 5.98. The fraction of sp³-hybridized carbons (Fsp3) is 0.167. The smallest absolute Gasteiger partial charge is 0.340 e. The molecular formula is C18H15ClN2O4. The standard InChI is InChI=1S/C18H15ClN2O4/c1-2-24-18(23)13-5-3-4-6-15(13)21-17(22)11-25-16-8-7-12(10-20)9-14(16)19/h3-9H,2,11H2,1H3,(H,21,22). The van der Waals surface area contributed by atoms with Gasteiger partial charge in [-0.1, -0.05) is 23.7 Å². The average Bonchev–Trinajstić information content (AvgIpc) is 2.61. The molecule has 128 valence electrons. The maximum atomic E-state index is 12.1. The van der Waals surface area contributed by atoms with Crippen molar-refractivity contribution >= 4 is 29.2 Å². The van der Waals surface area contributed by atoms with Crippen molar-refractivity contribution in [2.75, 3.05) is 18.5 Å². The molecule has 0 saturated heterocycles. The van der Waals surface area contributed by atoms with Gasteiger partial charge in [0, 0.05) is 0 Å². The molecule has 25 heavy (non-hydrogen) atoms. The van der Waals surface area contributed by atoms with E-state index in [2.05, 4.69) is 5.32 Å². The van der Waals surface area contributed by atoms with Crippen molar-refractivity contribution in [3.63, 3.8) is 0 Å². The molecule has 0 radical (unpaired) electrons. The Morgan fingerprint density at radius 1 is 1.24 bits per heavy atom. The highest BCUT2D eigenvalue weighted by atomic mass is 35.5. The first-order valence-electron chi connectivity index (χ1n) is 7.43. The number of halogens is 1. The molecule has 0 unspecified atom stereocenters. The number of nitriles is 1. The summed E-state index contributed by atoms with van der Waals surface area (Å²) in [5, 5.41) is 11.6. The number of hydrogen-bond acceptors (Lipinski definition) is 5. The number of anilines is 1. The quantitative estimate of drug-likeness (QED) is 0.799. The molecule has 1 amide bonds. The summed E-state index contributed by atoms with van der Waals surface area (Å²) < 4.78 is 10.3. The zero-order valence-electron chi connectivity index (χ0n) is 13.4. The van der Waals surface area contributed by atoms with Crippen molar-refractivity contribution in [1.29, 1.82) is 5.26 Å². The maximum Gasteiger partial charge on any atom is 0.340 e. The summed E-state index contributed by atoms with van der Waals surface area (Å²) in [6.07, 6.45) is 0. The summed E-state index contributed by atoms with van der Waals surface area (Å²) in [6, 6.07) is 13.0. The van der Waals surface area contributed by atoms with Crippen molar-refractivity contribution in [3.8, 4) is 11.8 Å². The average molecular weight is 359 g/mol. The molecule has 2 aromatic carbocycles. The highest BCUT2D eigenvalue weighted by Crippen LogP contribution is 2.25. The van der Waals surface area contributed by atoms with Gasteiger partial charge < -0.3 is 14.8 Å². The number of ether oxygens (including phenoxy) is 2. The van der Waals surface area contributed by atoms with Crippen molar-refractivity contribution in [3.05, 3.63) is 58.6 Å². The monoisotopic (exact) mass is 358 g/mol. The van der Waals surface area contributed by atoms with Crippen LogP contribution in [0.1, 0.15) is 22.8 Å². The molecule has 0 bridgehead atoms. The van der Waals surface area contributed by atoms with Gasteiger partial charge in [0.2, 0.25) is 0 Å². The SMILES string of the molecule is CCOC(=O)c1ccccc1NC(=O)COc1ccc(C#N)cc1Cl. The lowest BCUT2D eigenvalue weighted by atomic mass is 10.2. The van der Waals surface area contributed by atoms with Gasteiger partial charge >= 0.3 is 5.97 Å². The third-order valence-electron chi connectivity index (χ3n) is 3.12. The van der Waals surface area contributed by atoms with Crippen LogP contribution in [0.2, 0.25) is 5.02 Å². The lowest BCUT2D eigenvalue weighted by molar-refractivity contribution is -0.118. The van der Waals surface area contributed by atoms with Crippen LogP contribution >= 0.6 is 11.6 Å². The second-order valence-corrected chi connectivity index (χ2v) is 5.27. The van der Waals surface area contributed by atoms with Gasteiger partial charge in [0.1, 0.15) is 5.75 Å². The number of benzene rings is 2. The normalized spacial score (nSPS) is 9.80. The molecule has 0 saturated carbocycles. The number of nitrogens with zero attached hydrogens (tertiary/aromatic N) is 1. The van der Waals surface area contributed by atoms with E-state index in [4.69, 9.17) is 26.3 Å². The molecule has 2 rings (SSSR count). The van der Waals surface area contributed by atoms with E-state index in [0.717, 1.165) is 0 Å². The minimum Gasteiger partial charge on any atom is -0.482 e. The maximum absolute atomic E-state index is 12.1. The number of carbonyl (C=O) groups is 2. The van der Waals surface area contributed by atoms with E-state index in [1.165, 1.54) is 18.2 Å². The Hall–Kier alpha value is -3.04. The summed E-state index contributed by atoms with van der Waals surface area (Å²) in [4.78, 5) is 24.0. The molecule has 0 atom stereocenters. The Kier molecular flexibility index (Phi) is 6.38. The third kappa shape index (κ3) is 4.96. The van der Waals surface area contributed by atoms with E-state index in [-0.39, 0.29) is 29.5 Å². The van der Waals surface area contributed by atoms with Gasteiger partial charge in [0.25, 0.3) is 5.91 Å². The number of carbonyl (C=O) groups excluding carboxylic acids is 2. The van der Waals surface area contributed by atoms with E-state index in [9.17, 15) is 9.59 Å². The number of nitrogens with one attached hydrogen (secondary N) is 1. The first-order valence-corrected chi connectivity index (χ1v) is 7.81. The Bertz CT molecular complexity index is 830. The van der Waals surface area contributed by atoms with Gasteiger partial charge in [0.15, 0.2) is 6.61 Å². The largest absolute Gasteiger partial charge is 0.482 e. The predicted molar refractivity (Wildman–Crippen MR) is 92.7 cm³/mol. The van der Waals surface area contributed by atoms with E-state index >= 15 is 0 Å². The van der Waals surface area contributed by atoms with E-state index in [0.29, 0.717) is 11.3 Å². The lowest BCUT2D eigenvalue weighted by Crippen LogP contribution is -2.22. The molecule has 6 nitrogen and oxygen atoms in total. The third-order valence-corrected chi connectivity index (χ3v) is 3.41. The van der Waals surface area contributed by atoms with Crippen LogP contribution in [0.4, 0.5) is 5.69 Å². The number of hydrogen-bond donors (Lipinski definition) is 1. The predicted octanol–water partition coefficient (Wildman–Crippen LogP) is 3.41. The summed E-state index contributed by atoms with van der Waals surface area (Å²) in [7, 11) is 0. The molecule has 0 spiro atoms. The molecule has 0 heterocycles. The first kappa shape index (κ1) is 18.3. The van der Waals surface area contributed by atoms with Gasteiger partial charge in [-0.2, -0.15) is 5.26 Å². The Labute approximate surface area is 149 Å². The topological polar surface area (TPSA) is 88.4 Å². The van der Waals surface area contributed by atoms with Crippen molar-refractivity contribution in [2.24, 2.45) is 0 Å².